The Kier molecular flexibility index (Phi) is 5.43. The zero-order valence-corrected chi connectivity index (χ0v) is 11.8. The van der Waals surface area contributed by atoms with E-state index in [0.29, 0.717) is 6.42 Å². The van der Waals surface area contributed by atoms with E-state index >= 15 is 0 Å². The summed E-state index contributed by atoms with van der Waals surface area (Å²) in [6, 6.07) is 3.39. The third kappa shape index (κ3) is 3.44. The van der Waals surface area contributed by atoms with Gasteiger partial charge in [-0.05, 0) is 18.6 Å². The van der Waals surface area contributed by atoms with E-state index in [2.05, 4.69) is 0 Å². The molecule has 0 aliphatic heterocycles. The molecule has 0 spiro atoms. The molecule has 20 heavy (non-hydrogen) atoms. The highest BCUT2D eigenvalue weighted by atomic mass is 32.2. The minimum atomic E-state index is -4.07. The number of sulfonamides is 1. The van der Waals surface area contributed by atoms with E-state index in [1.807, 2.05) is 0 Å². The first-order valence-corrected chi connectivity index (χ1v) is 7.43. The number of aliphatic hydroxyl groups is 1. The molecule has 9 heteroatoms. The van der Waals surface area contributed by atoms with E-state index in [4.69, 9.17) is 10.8 Å². The number of benzene rings is 1. The lowest BCUT2D eigenvalue weighted by Gasteiger charge is -2.20. The van der Waals surface area contributed by atoms with E-state index < -0.39 is 25.5 Å². The van der Waals surface area contributed by atoms with Crippen LogP contribution in [0, 0.1) is 10.1 Å². The highest BCUT2D eigenvalue weighted by Crippen LogP contribution is 2.28. The molecule has 3 N–H and O–H groups in total. The summed E-state index contributed by atoms with van der Waals surface area (Å²) in [7, 11) is -4.07. The van der Waals surface area contributed by atoms with Gasteiger partial charge in [-0.1, -0.05) is 6.92 Å². The molecule has 0 unspecified atom stereocenters. The lowest BCUT2D eigenvalue weighted by atomic mass is 10.3. The van der Waals surface area contributed by atoms with E-state index in [1.165, 1.54) is 6.07 Å². The molecule has 1 aromatic carbocycles. The van der Waals surface area contributed by atoms with Gasteiger partial charge in [0.2, 0.25) is 10.0 Å². The highest BCUT2D eigenvalue weighted by molar-refractivity contribution is 7.89. The molecule has 112 valence electrons. The van der Waals surface area contributed by atoms with E-state index in [9.17, 15) is 18.5 Å². The number of aliphatic hydroxyl groups excluding tert-OH is 1. The zero-order chi connectivity index (χ0) is 15.3. The molecule has 0 saturated carbocycles. The molecule has 0 aliphatic rings. The summed E-state index contributed by atoms with van der Waals surface area (Å²) in [5.41, 5.74) is 5.11. The number of nitrogens with zero attached hydrogens (tertiary/aromatic N) is 2. The number of anilines is 1. The van der Waals surface area contributed by atoms with Crippen LogP contribution in [-0.2, 0) is 10.0 Å². The van der Waals surface area contributed by atoms with Crippen LogP contribution in [0.3, 0.4) is 0 Å². The van der Waals surface area contributed by atoms with Crippen molar-refractivity contribution in [2.45, 2.75) is 18.2 Å². The Bertz CT molecular complexity index is 582. The fourth-order valence-corrected chi connectivity index (χ4v) is 3.46. The van der Waals surface area contributed by atoms with Crippen LogP contribution in [0.4, 0.5) is 11.4 Å². The molecule has 1 aromatic rings. The summed E-state index contributed by atoms with van der Waals surface area (Å²) in [5.74, 6) is 0. The third-order valence-corrected chi connectivity index (χ3v) is 4.55. The second-order valence-electron chi connectivity index (χ2n) is 4.11. The quantitative estimate of drug-likeness (QED) is 0.430. The Hall–Kier alpha value is -1.71. The van der Waals surface area contributed by atoms with Crippen molar-refractivity contribution < 1.29 is 18.4 Å². The predicted octanol–water partition coefficient (Wildman–Crippen LogP) is 0.570. The topological polar surface area (TPSA) is 127 Å². The SMILES string of the molecule is CCCN(CCO)S(=O)(=O)c1cc(N)ccc1[N+](=O)[O-]. The first kappa shape index (κ1) is 16.3. The number of nitrogen functional groups attached to an aromatic ring is 1. The summed E-state index contributed by atoms with van der Waals surface area (Å²) in [6.07, 6.45) is 0.523. The molecule has 0 heterocycles. The maximum absolute atomic E-state index is 12.4. The average Bonchev–Trinajstić information content (AvgIpc) is 2.38. The number of hydrogen-bond donors (Lipinski definition) is 2. The molecule has 8 nitrogen and oxygen atoms in total. The van der Waals surface area contributed by atoms with Gasteiger partial charge in [0.15, 0.2) is 4.90 Å². The van der Waals surface area contributed by atoms with Gasteiger partial charge in [-0.2, -0.15) is 4.31 Å². The molecule has 0 atom stereocenters. The zero-order valence-electron chi connectivity index (χ0n) is 11.0. The minimum absolute atomic E-state index is 0.120. The molecule has 0 aliphatic carbocycles. The van der Waals surface area contributed by atoms with E-state index in [-0.39, 0.29) is 25.4 Å². The average molecular weight is 303 g/mol. The largest absolute Gasteiger partial charge is 0.399 e. The Labute approximate surface area is 117 Å². The summed E-state index contributed by atoms with van der Waals surface area (Å²) in [6.45, 7) is 1.44. The van der Waals surface area contributed by atoms with Crippen molar-refractivity contribution >= 4 is 21.4 Å². The normalized spacial score (nSPS) is 11.8. The van der Waals surface area contributed by atoms with Gasteiger partial charge in [0.05, 0.1) is 11.5 Å². The van der Waals surface area contributed by atoms with Crippen LogP contribution in [0.25, 0.3) is 0 Å². The Morgan fingerprint density at radius 2 is 2.05 bits per heavy atom. The monoisotopic (exact) mass is 303 g/mol. The molecule has 0 amide bonds. The van der Waals surface area contributed by atoms with E-state index in [1.54, 1.807) is 6.92 Å². The number of nitro groups is 1. The van der Waals surface area contributed by atoms with Crippen molar-refractivity contribution in [3.8, 4) is 0 Å². The summed E-state index contributed by atoms with van der Waals surface area (Å²) >= 11 is 0. The van der Waals surface area contributed by atoms with Gasteiger partial charge >= 0.3 is 0 Å². The minimum Gasteiger partial charge on any atom is -0.399 e. The van der Waals surface area contributed by atoms with Crippen LogP contribution in [-0.4, -0.2) is 42.4 Å². The predicted molar refractivity (Wildman–Crippen MR) is 73.6 cm³/mol. The fraction of sp³-hybridized carbons (Fsp3) is 0.455. The standard InChI is InChI=1S/C11H17N3O5S/c1-2-5-13(6-7-15)20(18,19)11-8-9(12)3-4-10(11)14(16)17/h3-4,8,15H,2,5-7,12H2,1H3. The van der Waals surface area contributed by atoms with Crippen LogP contribution in [0.1, 0.15) is 13.3 Å². The maximum atomic E-state index is 12.4. The van der Waals surface area contributed by atoms with Gasteiger partial charge in [0, 0.05) is 24.8 Å². The molecule has 0 bridgehead atoms. The second kappa shape index (κ2) is 6.64. The molecule has 0 fully saturated rings. The molecule has 0 aromatic heterocycles. The van der Waals surface area contributed by atoms with Crippen molar-refractivity contribution in [2.75, 3.05) is 25.4 Å². The smallest absolute Gasteiger partial charge is 0.289 e. The number of rotatable bonds is 7. The van der Waals surface area contributed by atoms with Gasteiger partial charge in [0.25, 0.3) is 5.69 Å². The number of hydrogen-bond acceptors (Lipinski definition) is 6. The van der Waals surface area contributed by atoms with E-state index in [0.717, 1.165) is 16.4 Å². The van der Waals surface area contributed by atoms with Crippen molar-refractivity contribution in [2.24, 2.45) is 0 Å². The molecule has 0 saturated heterocycles. The molecule has 1 rings (SSSR count). The van der Waals surface area contributed by atoms with Crippen molar-refractivity contribution in [1.82, 2.24) is 4.31 Å². The van der Waals surface area contributed by atoms with Gasteiger partial charge in [0.1, 0.15) is 0 Å². The second-order valence-corrected chi connectivity index (χ2v) is 6.02. The van der Waals surface area contributed by atoms with Gasteiger partial charge in [-0.25, -0.2) is 8.42 Å². The van der Waals surface area contributed by atoms with Gasteiger partial charge in [-0.15, -0.1) is 0 Å². The number of nitro benzene ring substituents is 1. The third-order valence-electron chi connectivity index (χ3n) is 2.62. The number of nitrogens with two attached hydrogens (primary N) is 1. The van der Waals surface area contributed by atoms with Crippen LogP contribution in [0.2, 0.25) is 0 Å². The summed E-state index contributed by atoms with van der Waals surface area (Å²) < 4.78 is 25.9. The van der Waals surface area contributed by atoms with Crippen LogP contribution >= 0.6 is 0 Å². The van der Waals surface area contributed by atoms with Gasteiger partial charge < -0.3 is 10.8 Å². The summed E-state index contributed by atoms with van der Waals surface area (Å²) in [4.78, 5) is 9.73. The summed E-state index contributed by atoms with van der Waals surface area (Å²) in [5, 5.41) is 19.9. The first-order chi connectivity index (χ1) is 9.34. The van der Waals surface area contributed by atoms with Crippen LogP contribution in [0.5, 0.6) is 0 Å². The highest BCUT2D eigenvalue weighted by Gasteiger charge is 2.31. The van der Waals surface area contributed by atoms with Crippen molar-refractivity contribution in [1.29, 1.82) is 0 Å². The fourth-order valence-electron chi connectivity index (χ4n) is 1.74. The van der Waals surface area contributed by atoms with Crippen molar-refractivity contribution in [3.05, 3.63) is 28.3 Å². The maximum Gasteiger partial charge on any atom is 0.289 e. The van der Waals surface area contributed by atoms with Gasteiger partial charge in [-0.3, -0.25) is 10.1 Å². The Morgan fingerprint density at radius 1 is 1.40 bits per heavy atom. The first-order valence-electron chi connectivity index (χ1n) is 5.99. The molecular weight excluding hydrogens is 286 g/mol. The Balaban J connectivity index is 3.39. The van der Waals surface area contributed by atoms with Crippen LogP contribution < -0.4 is 5.73 Å². The molecule has 0 radical (unpaired) electrons. The van der Waals surface area contributed by atoms with Crippen LogP contribution in [0.15, 0.2) is 23.1 Å². The lowest BCUT2D eigenvalue weighted by molar-refractivity contribution is -0.387. The van der Waals surface area contributed by atoms with Crippen molar-refractivity contribution in [3.63, 3.8) is 0 Å². The lowest BCUT2D eigenvalue weighted by Crippen LogP contribution is -2.34. The Morgan fingerprint density at radius 3 is 2.55 bits per heavy atom. The molecular formula is C11H17N3O5S.